The highest BCUT2D eigenvalue weighted by atomic mass is 16.3. The summed E-state index contributed by atoms with van der Waals surface area (Å²) in [6.45, 7) is 8.68. The quantitative estimate of drug-likeness (QED) is 0.758. The predicted octanol–water partition coefficient (Wildman–Crippen LogP) is 4.46. The second kappa shape index (κ2) is 4.28. The molecule has 0 N–H and O–H groups in total. The lowest BCUT2D eigenvalue weighted by atomic mass is 10.1. The number of pyridine rings is 1. The van der Waals surface area contributed by atoms with Crippen molar-refractivity contribution in [3.63, 3.8) is 0 Å². The molecule has 1 unspecified atom stereocenters. The molecule has 2 aromatic rings. The molecule has 2 nitrogen and oxygen atoms in total. The van der Waals surface area contributed by atoms with E-state index in [9.17, 15) is 0 Å². The van der Waals surface area contributed by atoms with Gasteiger partial charge in [0.2, 0.25) is 0 Å². The summed E-state index contributed by atoms with van der Waals surface area (Å²) in [7, 11) is 0. The van der Waals surface area contributed by atoms with E-state index in [1.807, 2.05) is 6.20 Å². The first-order chi connectivity index (χ1) is 7.61. The van der Waals surface area contributed by atoms with Crippen LogP contribution in [0.1, 0.15) is 57.4 Å². The largest absolute Gasteiger partial charge is 0.459 e. The second-order valence-corrected chi connectivity index (χ2v) is 4.76. The van der Waals surface area contributed by atoms with Crippen molar-refractivity contribution in [1.82, 2.24) is 4.98 Å². The van der Waals surface area contributed by atoms with Crippen molar-refractivity contribution < 1.29 is 4.42 Å². The van der Waals surface area contributed by atoms with Crippen molar-refractivity contribution in [3.05, 3.63) is 29.8 Å². The lowest BCUT2D eigenvalue weighted by Gasteiger charge is -2.02. The normalized spacial score (nSPS) is 13.6. The van der Waals surface area contributed by atoms with Crippen LogP contribution in [-0.2, 0) is 0 Å². The Bertz CT molecular complexity index is 484. The highest BCUT2D eigenvalue weighted by molar-refractivity contribution is 5.77. The molecular formula is C14H19NO. The summed E-state index contributed by atoms with van der Waals surface area (Å²) in [4.78, 5) is 4.41. The molecule has 0 aliphatic rings. The fraction of sp³-hybridized carbons (Fsp3) is 0.500. The van der Waals surface area contributed by atoms with E-state index in [0.717, 1.165) is 23.5 Å². The Morgan fingerprint density at radius 2 is 2.00 bits per heavy atom. The van der Waals surface area contributed by atoms with Gasteiger partial charge in [0.15, 0.2) is 5.58 Å². The van der Waals surface area contributed by atoms with Gasteiger partial charge in [-0.2, -0.15) is 0 Å². The number of furan rings is 1. The lowest BCUT2D eigenvalue weighted by Crippen LogP contribution is -1.90. The van der Waals surface area contributed by atoms with Gasteiger partial charge in [-0.1, -0.05) is 27.7 Å². The summed E-state index contributed by atoms with van der Waals surface area (Å²) in [5.41, 5.74) is 2.03. The van der Waals surface area contributed by atoms with E-state index in [0.29, 0.717) is 11.8 Å². The van der Waals surface area contributed by atoms with Gasteiger partial charge < -0.3 is 4.42 Å². The van der Waals surface area contributed by atoms with Gasteiger partial charge >= 0.3 is 0 Å². The van der Waals surface area contributed by atoms with E-state index in [4.69, 9.17) is 4.42 Å². The summed E-state index contributed by atoms with van der Waals surface area (Å²) in [5, 5.41) is 1.18. The van der Waals surface area contributed by atoms with Gasteiger partial charge in [-0.3, -0.25) is 4.98 Å². The number of rotatable bonds is 3. The maximum absolute atomic E-state index is 5.79. The maximum Gasteiger partial charge on any atom is 0.152 e. The zero-order valence-corrected chi connectivity index (χ0v) is 10.4. The van der Waals surface area contributed by atoms with E-state index >= 15 is 0 Å². The Morgan fingerprint density at radius 3 is 2.62 bits per heavy atom. The van der Waals surface area contributed by atoms with Crippen LogP contribution in [0.3, 0.4) is 0 Å². The van der Waals surface area contributed by atoms with Gasteiger partial charge in [-0.15, -0.1) is 0 Å². The van der Waals surface area contributed by atoms with Crippen molar-refractivity contribution in [2.24, 2.45) is 0 Å². The molecule has 0 aliphatic heterocycles. The molecular weight excluding hydrogens is 198 g/mol. The van der Waals surface area contributed by atoms with Crippen LogP contribution < -0.4 is 0 Å². The fourth-order valence-corrected chi connectivity index (χ4v) is 1.74. The molecule has 0 saturated heterocycles. The zero-order chi connectivity index (χ0) is 11.7. The SMILES string of the molecule is CCC(C)c1cc2cc(C(C)C)ncc2o1. The van der Waals surface area contributed by atoms with Crippen molar-refractivity contribution in [1.29, 1.82) is 0 Å². The van der Waals surface area contributed by atoms with E-state index in [-0.39, 0.29) is 0 Å². The number of fused-ring (bicyclic) bond motifs is 1. The Morgan fingerprint density at radius 1 is 1.25 bits per heavy atom. The third-order valence-electron chi connectivity index (χ3n) is 3.13. The average Bonchev–Trinajstić information content (AvgIpc) is 2.70. The van der Waals surface area contributed by atoms with Crippen LogP contribution in [0.15, 0.2) is 22.7 Å². The Labute approximate surface area is 96.7 Å². The van der Waals surface area contributed by atoms with Gasteiger partial charge in [-0.25, -0.2) is 0 Å². The van der Waals surface area contributed by atoms with Crippen LogP contribution in [0.5, 0.6) is 0 Å². The summed E-state index contributed by atoms with van der Waals surface area (Å²) >= 11 is 0. The topological polar surface area (TPSA) is 26.0 Å². The van der Waals surface area contributed by atoms with Crippen LogP contribution in [0, 0.1) is 0 Å². The summed E-state index contributed by atoms with van der Waals surface area (Å²) < 4.78 is 5.79. The number of aromatic nitrogens is 1. The van der Waals surface area contributed by atoms with Gasteiger partial charge in [-0.05, 0) is 24.5 Å². The molecule has 0 aliphatic carbocycles. The summed E-state index contributed by atoms with van der Waals surface area (Å²) in [6.07, 6.45) is 2.95. The highest BCUT2D eigenvalue weighted by Gasteiger charge is 2.11. The first-order valence-electron chi connectivity index (χ1n) is 6.01. The monoisotopic (exact) mass is 217 g/mol. The average molecular weight is 217 g/mol. The third-order valence-corrected chi connectivity index (χ3v) is 3.13. The smallest absolute Gasteiger partial charge is 0.152 e. The molecule has 86 valence electrons. The van der Waals surface area contributed by atoms with Crippen molar-refractivity contribution in [3.8, 4) is 0 Å². The predicted molar refractivity (Wildman–Crippen MR) is 66.8 cm³/mol. The third kappa shape index (κ3) is 1.97. The number of nitrogens with zero attached hydrogens (tertiary/aromatic N) is 1. The molecule has 1 atom stereocenters. The summed E-state index contributed by atoms with van der Waals surface area (Å²) in [6, 6.07) is 4.28. The van der Waals surface area contributed by atoms with Crippen LogP contribution in [0.4, 0.5) is 0 Å². The van der Waals surface area contributed by atoms with E-state index < -0.39 is 0 Å². The Kier molecular flexibility index (Phi) is 2.99. The molecule has 0 bridgehead atoms. The number of hydrogen-bond acceptors (Lipinski definition) is 2. The fourth-order valence-electron chi connectivity index (χ4n) is 1.74. The van der Waals surface area contributed by atoms with Gasteiger partial charge in [0.25, 0.3) is 0 Å². The minimum Gasteiger partial charge on any atom is -0.459 e. The van der Waals surface area contributed by atoms with E-state index in [1.165, 1.54) is 5.39 Å². The maximum atomic E-state index is 5.79. The van der Waals surface area contributed by atoms with Crippen LogP contribution in [-0.4, -0.2) is 4.98 Å². The van der Waals surface area contributed by atoms with Gasteiger partial charge in [0.05, 0.1) is 6.20 Å². The molecule has 2 heterocycles. The van der Waals surface area contributed by atoms with Crippen LogP contribution in [0.25, 0.3) is 11.0 Å². The van der Waals surface area contributed by atoms with Crippen LogP contribution >= 0.6 is 0 Å². The molecule has 16 heavy (non-hydrogen) atoms. The van der Waals surface area contributed by atoms with Crippen molar-refractivity contribution >= 4 is 11.0 Å². The molecule has 2 rings (SSSR count). The molecule has 0 fully saturated rings. The second-order valence-electron chi connectivity index (χ2n) is 4.76. The molecule has 2 heteroatoms. The highest BCUT2D eigenvalue weighted by Crippen LogP contribution is 2.27. The minimum absolute atomic E-state index is 0.464. The first kappa shape index (κ1) is 11.2. The van der Waals surface area contributed by atoms with Crippen LogP contribution in [0.2, 0.25) is 0 Å². The summed E-state index contributed by atoms with van der Waals surface area (Å²) in [5.74, 6) is 2.02. The molecule has 0 amide bonds. The number of hydrogen-bond donors (Lipinski definition) is 0. The molecule has 0 saturated carbocycles. The first-order valence-corrected chi connectivity index (χ1v) is 6.01. The standard InChI is InChI=1S/C14H19NO/c1-5-10(4)13-7-11-6-12(9(2)3)15-8-14(11)16-13/h6-10H,5H2,1-4H3. The van der Waals surface area contributed by atoms with Crippen molar-refractivity contribution in [2.75, 3.05) is 0 Å². The molecule has 0 spiro atoms. The lowest BCUT2D eigenvalue weighted by molar-refractivity contribution is 0.498. The molecule has 0 radical (unpaired) electrons. The minimum atomic E-state index is 0.464. The van der Waals surface area contributed by atoms with E-state index in [2.05, 4.69) is 44.8 Å². The van der Waals surface area contributed by atoms with E-state index in [1.54, 1.807) is 0 Å². The van der Waals surface area contributed by atoms with Crippen molar-refractivity contribution in [2.45, 2.75) is 46.0 Å². The zero-order valence-electron chi connectivity index (χ0n) is 10.4. The molecule has 2 aromatic heterocycles. The molecule has 0 aromatic carbocycles. The Hall–Kier alpha value is -1.31. The van der Waals surface area contributed by atoms with Gasteiger partial charge in [0, 0.05) is 17.0 Å². The van der Waals surface area contributed by atoms with Gasteiger partial charge in [0.1, 0.15) is 5.76 Å². The Balaban J connectivity index is 2.46.